The highest BCUT2D eigenvalue weighted by Gasteiger charge is 2.23. The minimum atomic E-state index is -0.0234. The van der Waals surface area contributed by atoms with Crippen molar-refractivity contribution >= 4 is 18.3 Å². The van der Waals surface area contributed by atoms with Crippen molar-refractivity contribution in [2.24, 2.45) is 0 Å². The normalized spacial score (nSPS) is 17.3. The van der Waals surface area contributed by atoms with Crippen molar-refractivity contribution in [1.82, 2.24) is 10.2 Å². The Morgan fingerprint density at radius 1 is 1.27 bits per heavy atom. The summed E-state index contributed by atoms with van der Waals surface area (Å²) in [6.07, 6.45) is 3.22. The first kappa shape index (κ1) is 18.6. The van der Waals surface area contributed by atoms with E-state index in [1.807, 2.05) is 31.3 Å². The van der Waals surface area contributed by atoms with E-state index in [0.717, 1.165) is 37.3 Å². The average Bonchev–Trinajstić information content (AvgIpc) is 2.55. The molecule has 1 fully saturated rings. The molecule has 0 spiro atoms. The van der Waals surface area contributed by atoms with Crippen LogP contribution in [-0.4, -0.2) is 50.7 Å². The molecule has 2 rings (SSSR count). The Hall–Kier alpha value is -1.46. The number of carbonyl (C=O) groups excluding carboxylic acids is 1. The largest absolute Gasteiger partial charge is 0.497 e. The van der Waals surface area contributed by atoms with Gasteiger partial charge < -0.3 is 19.7 Å². The highest BCUT2D eigenvalue weighted by molar-refractivity contribution is 5.85. The Labute approximate surface area is 138 Å². The van der Waals surface area contributed by atoms with Crippen LogP contribution in [0.5, 0.6) is 11.5 Å². The zero-order chi connectivity index (χ0) is 15.1. The van der Waals surface area contributed by atoms with Gasteiger partial charge in [-0.2, -0.15) is 0 Å². The number of piperidine rings is 1. The fourth-order valence-corrected chi connectivity index (χ4v) is 2.41. The molecule has 0 saturated carbocycles. The maximum absolute atomic E-state index is 12.2. The van der Waals surface area contributed by atoms with Crippen molar-refractivity contribution in [2.75, 3.05) is 33.9 Å². The van der Waals surface area contributed by atoms with Gasteiger partial charge in [0.2, 0.25) is 5.91 Å². The number of benzene rings is 1. The molecule has 0 aliphatic carbocycles. The number of hydrogen-bond donors (Lipinski definition) is 1. The summed E-state index contributed by atoms with van der Waals surface area (Å²) in [5, 5.41) is 3.27. The van der Waals surface area contributed by atoms with Gasteiger partial charge in [-0.1, -0.05) is 6.42 Å². The van der Waals surface area contributed by atoms with Crippen LogP contribution in [0.25, 0.3) is 0 Å². The highest BCUT2D eigenvalue weighted by atomic mass is 35.5. The van der Waals surface area contributed by atoms with E-state index in [1.54, 1.807) is 12.0 Å². The van der Waals surface area contributed by atoms with Gasteiger partial charge >= 0.3 is 0 Å². The Morgan fingerprint density at radius 3 is 2.55 bits per heavy atom. The summed E-state index contributed by atoms with van der Waals surface area (Å²) in [6, 6.07) is 7.42. The summed E-state index contributed by atoms with van der Waals surface area (Å²) in [5.74, 6) is 1.75. The molecular weight excluding hydrogens is 304 g/mol. The summed E-state index contributed by atoms with van der Waals surface area (Å²) in [5.41, 5.74) is 0. The predicted octanol–water partition coefficient (Wildman–Crippen LogP) is 2.10. The number of methoxy groups -OCH3 is 1. The second kappa shape index (κ2) is 9.54. The molecule has 0 aromatic heterocycles. The molecule has 1 aromatic rings. The van der Waals surface area contributed by atoms with Gasteiger partial charge in [-0.25, -0.2) is 0 Å². The first-order chi connectivity index (χ1) is 10.2. The Balaban J connectivity index is 0.00000242. The molecule has 1 unspecified atom stereocenters. The maximum Gasteiger partial charge on any atom is 0.239 e. The van der Waals surface area contributed by atoms with Gasteiger partial charge in [-0.05, 0) is 43.7 Å². The van der Waals surface area contributed by atoms with Gasteiger partial charge in [0.05, 0.1) is 19.7 Å². The van der Waals surface area contributed by atoms with Gasteiger partial charge in [0.25, 0.3) is 0 Å². The lowest BCUT2D eigenvalue weighted by molar-refractivity contribution is -0.133. The monoisotopic (exact) mass is 328 g/mol. The smallest absolute Gasteiger partial charge is 0.239 e. The first-order valence-corrected chi connectivity index (χ1v) is 7.46. The van der Waals surface area contributed by atoms with Gasteiger partial charge in [0.1, 0.15) is 18.1 Å². The van der Waals surface area contributed by atoms with Crippen LogP contribution in [0.3, 0.4) is 0 Å². The van der Waals surface area contributed by atoms with Crippen LogP contribution in [0.2, 0.25) is 0 Å². The van der Waals surface area contributed by atoms with Crippen molar-refractivity contribution in [2.45, 2.75) is 25.3 Å². The van der Waals surface area contributed by atoms with Crippen molar-refractivity contribution in [3.05, 3.63) is 24.3 Å². The second-order valence-corrected chi connectivity index (χ2v) is 5.29. The molecular formula is C16H25ClN2O3. The van der Waals surface area contributed by atoms with Gasteiger partial charge in [-0.15, -0.1) is 12.4 Å². The Kier molecular flexibility index (Phi) is 8.06. The third kappa shape index (κ3) is 5.39. The molecule has 5 nitrogen and oxygen atoms in total. The van der Waals surface area contributed by atoms with E-state index < -0.39 is 0 Å². The zero-order valence-electron chi connectivity index (χ0n) is 13.2. The van der Waals surface area contributed by atoms with Crippen LogP contribution in [0.4, 0.5) is 0 Å². The number of likely N-dealkylation sites (N-methyl/N-ethyl adjacent to an activating group) is 1. The minimum absolute atomic E-state index is 0. The number of ether oxygens (including phenoxy) is 2. The van der Waals surface area contributed by atoms with Crippen molar-refractivity contribution in [3.8, 4) is 11.5 Å². The number of amides is 1. The number of hydrogen-bond acceptors (Lipinski definition) is 4. The molecule has 124 valence electrons. The van der Waals surface area contributed by atoms with Crippen LogP contribution >= 0.6 is 12.4 Å². The van der Waals surface area contributed by atoms with E-state index in [-0.39, 0.29) is 24.4 Å². The van der Waals surface area contributed by atoms with Crippen molar-refractivity contribution in [1.29, 1.82) is 0 Å². The highest BCUT2D eigenvalue weighted by Crippen LogP contribution is 2.17. The van der Waals surface area contributed by atoms with Crippen LogP contribution in [0.15, 0.2) is 24.3 Å². The third-order valence-corrected chi connectivity index (χ3v) is 3.74. The summed E-state index contributed by atoms with van der Waals surface area (Å²) in [6.45, 7) is 2.01. The standard InChI is InChI=1S/C16H24N2O3.ClH/c1-18(16(19)15-5-3-4-10-17-15)11-12-21-14-8-6-13(20-2)7-9-14;/h6-9,15,17H,3-5,10-12H2,1-2H3;1H. The molecule has 1 aliphatic rings. The maximum atomic E-state index is 12.2. The fourth-order valence-electron chi connectivity index (χ4n) is 2.41. The second-order valence-electron chi connectivity index (χ2n) is 5.29. The van der Waals surface area contributed by atoms with Gasteiger partial charge in [0, 0.05) is 7.05 Å². The molecule has 1 amide bonds. The Morgan fingerprint density at radius 2 is 1.95 bits per heavy atom. The fraction of sp³-hybridized carbons (Fsp3) is 0.562. The summed E-state index contributed by atoms with van der Waals surface area (Å²) < 4.78 is 10.7. The first-order valence-electron chi connectivity index (χ1n) is 7.46. The number of nitrogens with zero attached hydrogens (tertiary/aromatic N) is 1. The van der Waals surface area contributed by atoms with Gasteiger partial charge in [0.15, 0.2) is 0 Å². The number of halogens is 1. The lowest BCUT2D eigenvalue weighted by Crippen LogP contribution is -2.48. The topological polar surface area (TPSA) is 50.8 Å². The predicted molar refractivity (Wildman–Crippen MR) is 89.0 cm³/mol. The van der Waals surface area contributed by atoms with E-state index in [1.165, 1.54) is 0 Å². The molecule has 1 aromatic carbocycles. The average molecular weight is 329 g/mol. The SMILES string of the molecule is COc1ccc(OCCN(C)C(=O)C2CCCCN2)cc1.Cl. The van der Waals surface area contributed by atoms with E-state index in [2.05, 4.69) is 5.32 Å². The lowest BCUT2D eigenvalue weighted by atomic mass is 10.0. The molecule has 0 bridgehead atoms. The van der Waals surface area contributed by atoms with Crippen LogP contribution in [-0.2, 0) is 4.79 Å². The van der Waals surface area contributed by atoms with E-state index >= 15 is 0 Å². The van der Waals surface area contributed by atoms with Crippen molar-refractivity contribution in [3.63, 3.8) is 0 Å². The van der Waals surface area contributed by atoms with E-state index in [0.29, 0.717) is 13.2 Å². The summed E-state index contributed by atoms with van der Waals surface area (Å²) in [7, 11) is 3.46. The quantitative estimate of drug-likeness (QED) is 0.869. The van der Waals surface area contributed by atoms with E-state index in [4.69, 9.17) is 9.47 Å². The summed E-state index contributed by atoms with van der Waals surface area (Å²) >= 11 is 0. The minimum Gasteiger partial charge on any atom is -0.497 e. The van der Waals surface area contributed by atoms with E-state index in [9.17, 15) is 4.79 Å². The van der Waals surface area contributed by atoms with Crippen LogP contribution < -0.4 is 14.8 Å². The number of rotatable bonds is 6. The van der Waals surface area contributed by atoms with Gasteiger partial charge in [-0.3, -0.25) is 4.79 Å². The molecule has 6 heteroatoms. The lowest BCUT2D eigenvalue weighted by Gasteiger charge is -2.27. The van der Waals surface area contributed by atoms with Crippen LogP contribution in [0, 0.1) is 0 Å². The third-order valence-electron chi connectivity index (χ3n) is 3.74. The van der Waals surface area contributed by atoms with Crippen LogP contribution in [0.1, 0.15) is 19.3 Å². The molecule has 1 saturated heterocycles. The number of nitrogens with one attached hydrogen (secondary N) is 1. The molecule has 1 heterocycles. The number of carbonyl (C=O) groups is 1. The molecule has 1 aliphatic heterocycles. The summed E-state index contributed by atoms with van der Waals surface area (Å²) in [4.78, 5) is 14.0. The molecule has 1 atom stereocenters. The molecule has 22 heavy (non-hydrogen) atoms. The molecule has 1 N–H and O–H groups in total. The zero-order valence-corrected chi connectivity index (χ0v) is 14.0. The Bertz CT molecular complexity index is 447. The molecule has 0 radical (unpaired) electrons. The van der Waals surface area contributed by atoms with Crippen molar-refractivity contribution < 1.29 is 14.3 Å².